The quantitative estimate of drug-likeness (QED) is 0.840. The third-order valence-corrected chi connectivity index (χ3v) is 3.62. The molecule has 0 unspecified atom stereocenters. The van der Waals surface area contributed by atoms with Crippen molar-refractivity contribution in [1.82, 2.24) is 9.55 Å². The van der Waals surface area contributed by atoms with Crippen LogP contribution in [0.2, 0.25) is 0 Å². The molecule has 7 heteroatoms. The molecule has 6 nitrogen and oxygen atoms in total. The van der Waals surface area contributed by atoms with E-state index < -0.39 is 0 Å². The molecule has 2 aromatic rings. The van der Waals surface area contributed by atoms with Crippen molar-refractivity contribution >= 4 is 18.0 Å². The molecule has 1 aliphatic heterocycles. The zero-order valence-electron chi connectivity index (χ0n) is 11.3. The second-order valence-corrected chi connectivity index (χ2v) is 5.13. The van der Waals surface area contributed by atoms with Crippen LogP contribution in [0.3, 0.4) is 0 Å². The number of anilines is 1. The van der Waals surface area contributed by atoms with E-state index in [0.717, 1.165) is 23.5 Å². The van der Waals surface area contributed by atoms with Crippen molar-refractivity contribution in [3.8, 4) is 11.5 Å². The lowest BCUT2D eigenvalue weighted by Crippen LogP contribution is -2.17. The van der Waals surface area contributed by atoms with Gasteiger partial charge in [0.2, 0.25) is 0 Å². The summed E-state index contributed by atoms with van der Waals surface area (Å²) in [6, 6.07) is 7.18. The summed E-state index contributed by atoms with van der Waals surface area (Å²) < 4.78 is 13.1. The predicted molar refractivity (Wildman–Crippen MR) is 81.4 cm³/mol. The third kappa shape index (κ3) is 2.92. The molecule has 2 heterocycles. The van der Waals surface area contributed by atoms with E-state index in [4.69, 9.17) is 27.4 Å². The molecular weight excluding hydrogens is 290 g/mol. The molecule has 0 aliphatic carbocycles. The minimum absolute atomic E-state index is 0.284. The second kappa shape index (κ2) is 5.61. The Morgan fingerprint density at radius 3 is 2.76 bits per heavy atom. The number of H-pyrrole nitrogens is 1. The molecule has 1 aliphatic rings. The number of aromatic nitrogens is 2. The summed E-state index contributed by atoms with van der Waals surface area (Å²) in [7, 11) is 0. The number of aromatic amines is 1. The molecule has 0 saturated carbocycles. The highest BCUT2D eigenvalue weighted by Gasteiger charge is 2.11. The summed E-state index contributed by atoms with van der Waals surface area (Å²) in [5, 5.41) is 0. The van der Waals surface area contributed by atoms with Gasteiger partial charge in [0.05, 0.1) is 0 Å². The Hall–Kier alpha value is -2.28. The van der Waals surface area contributed by atoms with Gasteiger partial charge >= 0.3 is 0 Å². The van der Waals surface area contributed by atoms with Crippen molar-refractivity contribution in [2.45, 2.75) is 13.0 Å². The van der Waals surface area contributed by atoms with E-state index in [1.807, 2.05) is 18.2 Å². The smallest absolute Gasteiger partial charge is 0.253 e. The minimum atomic E-state index is -0.284. The van der Waals surface area contributed by atoms with Gasteiger partial charge in [0.1, 0.15) is 19.0 Å². The van der Waals surface area contributed by atoms with E-state index in [2.05, 4.69) is 4.98 Å². The van der Waals surface area contributed by atoms with E-state index in [-0.39, 0.29) is 5.56 Å². The summed E-state index contributed by atoms with van der Waals surface area (Å²) in [5.74, 6) is 1.89. The molecule has 0 saturated heterocycles. The van der Waals surface area contributed by atoms with Crippen molar-refractivity contribution in [2.75, 3.05) is 18.9 Å². The Labute approximate surface area is 126 Å². The fraction of sp³-hybridized carbons (Fsp3) is 0.286. The average Bonchev–Trinajstić information content (AvgIpc) is 2.46. The van der Waals surface area contributed by atoms with Gasteiger partial charge in [-0.15, -0.1) is 0 Å². The van der Waals surface area contributed by atoms with Crippen molar-refractivity contribution in [1.29, 1.82) is 0 Å². The third-order valence-electron chi connectivity index (χ3n) is 3.30. The first-order chi connectivity index (χ1) is 10.1. The highest BCUT2D eigenvalue weighted by Crippen LogP contribution is 2.30. The number of nitrogens with one attached hydrogen (secondary N) is 1. The van der Waals surface area contributed by atoms with Gasteiger partial charge in [0.25, 0.3) is 5.56 Å². The normalized spacial score (nSPS) is 13.1. The van der Waals surface area contributed by atoms with Gasteiger partial charge in [-0.2, -0.15) is 0 Å². The second-order valence-electron chi connectivity index (χ2n) is 4.74. The van der Waals surface area contributed by atoms with Gasteiger partial charge in [-0.25, -0.2) is 0 Å². The maximum atomic E-state index is 11.3. The van der Waals surface area contributed by atoms with Crippen molar-refractivity contribution in [3.63, 3.8) is 0 Å². The van der Waals surface area contributed by atoms with Gasteiger partial charge in [0, 0.05) is 12.6 Å². The van der Waals surface area contributed by atoms with Crippen LogP contribution in [0.4, 0.5) is 5.82 Å². The minimum Gasteiger partial charge on any atom is -0.486 e. The molecule has 0 spiro atoms. The monoisotopic (exact) mass is 305 g/mol. The molecule has 0 atom stereocenters. The van der Waals surface area contributed by atoms with Crippen LogP contribution in [0.15, 0.2) is 29.1 Å². The van der Waals surface area contributed by atoms with Crippen LogP contribution in [0.25, 0.3) is 0 Å². The molecule has 3 rings (SSSR count). The lowest BCUT2D eigenvalue weighted by molar-refractivity contribution is 0.171. The summed E-state index contributed by atoms with van der Waals surface area (Å²) in [4.78, 5) is 13.8. The molecule has 0 amide bonds. The lowest BCUT2D eigenvalue weighted by Gasteiger charge is -2.19. The van der Waals surface area contributed by atoms with Crippen LogP contribution >= 0.6 is 12.2 Å². The zero-order valence-corrected chi connectivity index (χ0v) is 12.1. The molecule has 1 aromatic carbocycles. The number of nitrogens with zero attached hydrogens (tertiary/aromatic N) is 1. The molecule has 110 valence electrons. The molecule has 3 N–H and O–H groups in total. The van der Waals surface area contributed by atoms with E-state index in [9.17, 15) is 4.79 Å². The van der Waals surface area contributed by atoms with Crippen LogP contribution in [-0.4, -0.2) is 22.8 Å². The first-order valence-corrected chi connectivity index (χ1v) is 7.02. The van der Waals surface area contributed by atoms with Crippen molar-refractivity contribution < 1.29 is 9.47 Å². The first kappa shape index (κ1) is 13.7. The summed E-state index contributed by atoms with van der Waals surface area (Å²) in [5.41, 5.74) is 6.63. The van der Waals surface area contributed by atoms with Crippen LogP contribution in [0, 0.1) is 4.77 Å². The Kier molecular flexibility index (Phi) is 3.66. The zero-order chi connectivity index (χ0) is 14.8. The van der Waals surface area contributed by atoms with Crippen LogP contribution < -0.4 is 20.8 Å². The van der Waals surface area contributed by atoms with Gasteiger partial charge in [0.15, 0.2) is 16.3 Å². The molecule has 0 radical (unpaired) electrons. The van der Waals surface area contributed by atoms with Crippen LogP contribution in [0.1, 0.15) is 5.56 Å². The van der Waals surface area contributed by atoms with Crippen LogP contribution in [-0.2, 0) is 13.0 Å². The lowest BCUT2D eigenvalue weighted by atomic mass is 10.1. The van der Waals surface area contributed by atoms with Gasteiger partial charge < -0.3 is 19.8 Å². The molecule has 21 heavy (non-hydrogen) atoms. The number of aryl methyl sites for hydroxylation is 1. The number of hydrogen-bond donors (Lipinski definition) is 2. The van der Waals surface area contributed by atoms with E-state index in [1.54, 1.807) is 4.57 Å². The highest BCUT2D eigenvalue weighted by atomic mass is 32.1. The fourth-order valence-corrected chi connectivity index (χ4v) is 2.55. The number of nitrogen functional groups attached to an aromatic ring is 1. The van der Waals surface area contributed by atoms with Crippen LogP contribution in [0.5, 0.6) is 11.5 Å². The summed E-state index contributed by atoms with van der Waals surface area (Å²) >= 11 is 5.12. The highest BCUT2D eigenvalue weighted by molar-refractivity contribution is 7.71. The number of hydrogen-bond acceptors (Lipinski definition) is 5. The molecular formula is C14H15N3O3S. The molecule has 1 aromatic heterocycles. The Bertz CT molecular complexity index is 782. The van der Waals surface area contributed by atoms with Gasteiger partial charge in [-0.1, -0.05) is 6.07 Å². The van der Waals surface area contributed by atoms with Crippen molar-refractivity contribution in [2.24, 2.45) is 0 Å². The van der Waals surface area contributed by atoms with E-state index >= 15 is 0 Å². The standard InChI is InChI=1S/C14H15N3O3S/c15-12-8-13(18)16-14(21)17(12)4-3-9-1-2-10-11(7-9)20-6-5-19-10/h1-2,7-8H,3-6,15H2,(H,16,18,21). The molecule has 0 fully saturated rings. The topological polar surface area (TPSA) is 82.3 Å². The Balaban J connectivity index is 1.79. The number of rotatable bonds is 3. The summed E-state index contributed by atoms with van der Waals surface area (Å²) in [6.45, 7) is 1.73. The largest absolute Gasteiger partial charge is 0.486 e. The fourth-order valence-electron chi connectivity index (χ4n) is 2.25. The average molecular weight is 305 g/mol. The molecule has 0 bridgehead atoms. The maximum absolute atomic E-state index is 11.3. The van der Waals surface area contributed by atoms with Crippen molar-refractivity contribution in [3.05, 3.63) is 45.0 Å². The summed E-state index contributed by atoms with van der Waals surface area (Å²) in [6.07, 6.45) is 0.723. The number of ether oxygens (including phenoxy) is 2. The Morgan fingerprint density at radius 2 is 2.00 bits per heavy atom. The Morgan fingerprint density at radius 1 is 1.24 bits per heavy atom. The number of benzene rings is 1. The number of fused-ring (bicyclic) bond motifs is 1. The maximum Gasteiger partial charge on any atom is 0.253 e. The number of nitrogens with two attached hydrogens (primary N) is 1. The predicted octanol–water partition coefficient (Wildman–Crippen LogP) is 1.50. The van der Waals surface area contributed by atoms with Gasteiger partial charge in [-0.3, -0.25) is 9.78 Å². The van der Waals surface area contributed by atoms with Gasteiger partial charge in [-0.05, 0) is 36.3 Å². The van der Waals surface area contributed by atoms with E-state index in [1.165, 1.54) is 6.07 Å². The first-order valence-electron chi connectivity index (χ1n) is 6.61. The SMILES string of the molecule is Nc1cc(=O)[nH]c(=S)n1CCc1ccc2c(c1)OCCO2. The van der Waals surface area contributed by atoms with E-state index in [0.29, 0.717) is 30.3 Å².